The van der Waals surface area contributed by atoms with Crippen LogP contribution in [0.4, 0.5) is 0 Å². The zero-order valence-corrected chi connectivity index (χ0v) is 10.3. The van der Waals surface area contributed by atoms with Crippen molar-refractivity contribution in [3.8, 4) is 0 Å². The minimum Gasteiger partial charge on any atom is -0.478 e. The van der Waals surface area contributed by atoms with Crippen molar-refractivity contribution >= 4 is 11.9 Å². The first kappa shape index (κ1) is 12.5. The molecular formula is C13H16N2O3. The Bertz CT molecular complexity index is 462. The van der Waals surface area contributed by atoms with E-state index in [2.05, 4.69) is 10.3 Å². The molecule has 1 aliphatic rings. The van der Waals surface area contributed by atoms with Gasteiger partial charge in [-0.15, -0.1) is 0 Å². The molecule has 0 atom stereocenters. The lowest BCUT2D eigenvalue weighted by Gasteiger charge is -2.24. The molecule has 1 amide bonds. The van der Waals surface area contributed by atoms with Crippen LogP contribution < -0.4 is 5.32 Å². The van der Waals surface area contributed by atoms with E-state index in [1.54, 1.807) is 0 Å². The van der Waals surface area contributed by atoms with Gasteiger partial charge in [0.2, 0.25) is 0 Å². The van der Waals surface area contributed by atoms with Crippen LogP contribution >= 0.6 is 0 Å². The third-order valence-electron chi connectivity index (χ3n) is 3.37. The van der Waals surface area contributed by atoms with Crippen LogP contribution in [0.5, 0.6) is 0 Å². The molecule has 0 aliphatic heterocycles. The van der Waals surface area contributed by atoms with Crippen molar-refractivity contribution in [1.29, 1.82) is 0 Å². The third-order valence-corrected chi connectivity index (χ3v) is 3.37. The van der Waals surface area contributed by atoms with Crippen LogP contribution in [0.1, 0.15) is 53.5 Å². The maximum Gasteiger partial charge on any atom is 0.337 e. The summed E-state index contributed by atoms with van der Waals surface area (Å²) in [5.74, 6) is -1.28. The van der Waals surface area contributed by atoms with Gasteiger partial charge in [0.1, 0.15) is 5.69 Å². The third kappa shape index (κ3) is 2.67. The molecule has 5 nitrogen and oxygen atoms in total. The van der Waals surface area contributed by atoms with Crippen LogP contribution in [0.3, 0.4) is 0 Å². The number of amides is 1. The first-order valence-electron chi connectivity index (χ1n) is 6.02. The van der Waals surface area contributed by atoms with Crippen molar-refractivity contribution < 1.29 is 14.7 Å². The maximum atomic E-state index is 12.0. The Kier molecular flexibility index (Phi) is 3.32. The molecule has 1 aromatic heterocycles. The van der Waals surface area contributed by atoms with Crippen LogP contribution in [-0.2, 0) is 0 Å². The number of hydrogen-bond donors (Lipinski definition) is 2. The van der Waals surface area contributed by atoms with E-state index < -0.39 is 5.97 Å². The normalized spacial score (nSPS) is 17.4. The highest BCUT2D eigenvalue weighted by Gasteiger charge is 2.30. The van der Waals surface area contributed by atoms with Gasteiger partial charge in [0, 0.05) is 11.7 Å². The Hall–Kier alpha value is -1.91. The average Bonchev–Trinajstić information content (AvgIpc) is 2.76. The molecule has 1 aliphatic carbocycles. The van der Waals surface area contributed by atoms with Crippen LogP contribution in [0.25, 0.3) is 0 Å². The van der Waals surface area contributed by atoms with Crippen molar-refractivity contribution in [1.82, 2.24) is 10.3 Å². The number of hydrogen-bond acceptors (Lipinski definition) is 3. The summed E-state index contributed by atoms with van der Waals surface area (Å²) in [4.78, 5) is 26.5. The van der Waals surface area contributed by atoms with Gasteiger partial charge in [-0.05, 0) is 31.9 Å². The Morgan fingerprint density at radius 3 is 2.50 bits per heavy atom. The molecule has 0 bridgehead atoms. The van der Waals surface area contributed by atoms with Crippen LogP contribution in [0, 0.1) is 0 Å². The quantitative estimate of drug-likeness (QED) is 0.855. The van der Waals surface area contributed by atoms with E-state index in [1.807, 2.05) is 6.92 Å². The van der Waals surface area contributed by atoms with Gasteiger partial charge in [-0.25, -0.2) is 4.79 Å². The summed E-state index contributed by atoms with van der Waals surface area (Å²) in [6.45, 7) is 2.03. The van der Waals surface area contributed by atoms with E-state index in [1.165, 1.54) is 18.3 Å². The lowest BCUT2D eigenvalue weighted by Crippen LogP contribution is -2.43. The van der Waals surface area contributed by atoms with E-state index in [4.69, 9.17) is 5.11 Å². The topological polar surface area (TPSA) is 79.3 Å². The Labute approximate surface area is 105 Å². The summed E-state index contributed by atoms with van der Waals surface area (Å²) in [5.41, 5.74) is 0.191. The molecule has 2 rings (SSSR count). The molecule has 0 saturated heterocycles. The summed E-state index contributed by atoms with van der Waals surface area (Å²) < 4.78 is 0. The lowest BCUT2D eigenvalue weighted by molar-refractivity contribution is 0.0695. The van der Waals surface area contributed by atoms with Crippen molar-refractivity contribution in [2.45, 2.75) is 38.1 Å². The zero-order valence-electron chi connectivity index (χ0n) is 10.3. The number of carboxylic acid groups (broad SMARTS) is 1. The average molecular weight is 248 g/mol. The minimum absolute atomic E-state index is 0.0821. The molecule has 1 fully saturated rings. The Balaban J connectivity index is 2.07. The summed E-state index contributed by atoms with van der Waals surface area (Å²) in [6.07, 6.45) is 5.41. The van der Waals surface area contributed by atoms with Crippen molar-refractivity contribution in [3.63, 3.8) is 0 Å². The first-order chi connectivity index (χ1) is 8.50. The number of rotatable bonds is 3. The second kappa shape index (κ2) is 4.76. The standard InChI is InChI=1S/C13H16N2O3/c1-13(6-2-3-7-13)15-11(16)10-5-4-9(8-14-10)12(17)18/h4-5,8H,2-3,6-7H2,1H3,(H,15,16)(H,17,18). The lowest BCUT2D eigenvalue weighted by atomic mass is 10.0. The van der Waals surface area contributed by atoms with Gasteiger partial charge in [-0.3, -0.25) is 9.78 Å². The van der Waals surface area contributed by atoms with E-state index in [-0.39, 0.29) is 22.7 Å². The summed E-state index contributed by atoms with van der Waals surface area (Å²) in [5, 5.41) is 11.7. The largest absolute Gasteiger partial charge is 0.478 e. The molecule has 1 saturated carbocycles. The Morgan fingerprint density at radius 1 is 1.33 bits per heavy atom. The fourth-order valence-corrected chi connectivity index (χ4v) is 2.27. The van der Waals surface area contributed by atoms with Gasteiger partial charge in [0.15, 0.2) is 0 Å². The Morgan fingerprint density at radius 2 is 2.00 bits per heavy atom. The SMILES string of the molecule is CC1(NC(=O)c2ccc(C(=O)O)cn2)CCCC1. The summed E-state index contributed by atoms with van der Waals surface area (Å²) >= 11 is 0. The van der Waals surface area contributed by atoms with Crippen molar-refractivity contribution in [2.24, 2.45) is 0 Å². The highest BCUT2D eigenvalue weighted by Crippen LogP contribution is 2.29. The number of carbonyl (C=O) groups excluding carboxylic acids is 1. The molecule has 5 heteroatoms. The second-order valence-corrected chi connectivity index (χ2v) is 4.96. The molecule has 18 heavy (non-hydrogen) atoms. The molecule has 0 spiro atoms. The van der Waals surface area contributed by atoms with Gasteiger partial charge < -0.3 is 10.4 Å². The van der Waals surface area contributed by atoms with Gasteiger partial charge in [-0.1, -0.05) is 12.8 Å². The van der Waals surface area contributed by atoms with E-state index in [9.17, 15) is 9.59 Å². The molecule has 0 unspecified atom stereocenters. The monoisotopic (exact) mass is 248 g/mol. The molecule has 0 aromatic carbocycles. The molecule has 2 N–H and O–H groups in total. The van der Waals surface area contributed by atoms with Gasteiger partial charge in [-0.2, -0.15) is 0 Å². The smallest absolute Gasteiger partial charge is 0.337 e. The summed E-state index contributed by atoms with van der Waals surface area (Å²) in [6, 6.07) is 2.83. The highest BCUT2D eigenvalue weighted by atomic mass is 16.4. The predicted octanol–water partition coefficient (Wildman–Crippen LogP) is 1.84. The highest BCUT2D eigenvalue weighted by molar-refractivity contribution is 5.94. The molecular weight excluding hydrogens is 232 g/mol. The fraction of sp³-hybridized carbons (Fsp3) is 0.462. The van der Waals surface area contributed by atoms with E-state index in [0.29, 0.717) is 0 Å². The molecule has 1 heterocycles. The number of aromatic carboxylic acids is 1. The number of nitrogens with one attached hydrogen (secondary N) is 1. The van der Waals surface area contributed by atoms with Crippen LogP contribution in [0.15, 0.2) is 18.3 Å². The van der Waals surface area contributed by atoms with Gasteiger partial charge in [0.05, 0.1) is 5.56 Å². The number of aromatic nitrogens is 1. The van der Waals surface area contributed by atoms with Crippen LogP contribution in [0.2, 0.25) is 0 Å². The van der Waals surface area contributed by atoms with Crippen molar-refractivity contribution in [2.75, 3.05) is 0 Å². The minimum atomic E-state index is -1.04. The number of nitrogens with zero attached hydrogens (tertiary/aromatic N) is 1. The van der Waals surface area contributed by atoms with Gasteiger partial charge in [0.25, 0.3) is 5.91 Å². The number of carboxylic acids is 1. The molecule has 1 aromatic rings. The number of pyridine rings is 1. The van der Waals surface area contributed by atoms with Gasteiger partial charge >= 0.3 is 5.97 Å². The molecule has 0 radical (unpaired) electrons. The van der Waals surface area contributed by atoms with E-state index in [0.717, 1.165) is 25.7 Å². The van der Waals surface area contributed by atoms with Crippen LogP contribution in [-0.4, -0.2) is 27.5 Å². The first-order valence-corrected chi connectivity index (χ1v) is 6.02. The van der Waals surface area contributed by atoms with Crippen molar-refractivity contribution in [3.05, 3.63) is 29.6 Å². The second-order valence-electron chi connectivity index (χ2n) is 4.96. The molecule has 96 valence electrons. The zero-order chi connectivity index (χ0) is 13.2. The fourth-order valence-electron chi connectivity index (χ4n) is 2.27. The summed E-state index contributed by atoms with van der Waals surface area (Å²) in [7, 11) is 0. The maximum absolute atomic E-state index is 12.0. The number of carbonyl (C=O) groups is 2. The predicted molar refractivity (Wildman–Crippen MR) is 65.5 cm³/mol. The van der Waals surface area contributed by atoms with E-state index >= 15 is 0 Å².